The third-order valence-corrected chi connectivity index (χ3v) is 1.02. The summed E-state index contributed by atoms with van der Waals surface area (Å²) < 4.78 is 1.62. The summed E-state index contributed by atoms with van der Waals surface area (Å²) in [4.78, 5) is 3.90. The van der Waals surface area contributed by atoms with Crippen molar-refractivity contribution in [1.29, 1.82) is 0 Å². The zero-order valence-electron chi connectivity index (χ0n) is 4.52. The van der Waals surface area contributed by atoms with Crippen LogP contribution < -0.4 is 0 Å². The van der Waals surface area contributed by atoms with E-state index in [-0.39, 0.29) is 0 Å². The Morgan fingerprint density at radius 3 is 3.44 bits per heavy atom. The summed E-state index contributed by atoms with van der Waals surface area (Å²) in [7, 11) is 0. The molecule has 1 radical (unpaired) electrons. The Morgan fingerprint density at radius 2 is 2.56 bits per heavy atom. The van der Waals surface area contributed by atoms with Crippen molar-refractivity contribution in [1.82, 2.24) is 19.6 Å². The summed E-state index contributed by atoms with van der Waals surface area (Å²) in [5.41, 5.74) is 0. The molecule has 0 N–H and O–H groups in total. The van der Waals surface area contributed by atoms with E-state index in [4.69, 9.17) is 0 Å². The monoisotopic (exact) mass is 119 g/mol. The van der Waals surface area contributed by atoms with Gasteiger partial charge < -0.3 is 0 Å². The van der Waals surface area contributed by atoms with Crippen LogP contribution in [-0.2, 0) is 0 Å². The van der Waals surface area contributed by atoms with Gasteiger partial charge in [0.1, 0.15) is 0 Å². The van der Waals surface area contributed by atoms with Crippen molar-refractivity contribution in [2.45, 2.75) is 0 Å². The van der Waals surface area contributed by atoms with Gasteiger partial charge in [0.25, 0.3) is 5.78 Å². The van der Waals surface area contributed by atoms with Crippen molar-refractivity contribution in [3.8, 4) is 0 Å². The highest BCUT2D eigenvalue weighted by Crippen LogP contribution is 1.88. The average Bonchev–Trinajstić information content (AvgIpc) is 2.33. The van der Waals surface area contributed by atoms with Crippen molar-refractivity contribution in [2.24, 2.45) is 0 Å². The lowest BCUT2D eigenvalue weighted by Gasteiger charge is -1.83. The topological polar surface area (TPSA) is 43.1 Å². The van der Waals surface area contributed by atoms with Crippen LogP contribution in [0, 0.1) is 6.33 Å². The van der Waals surface area contributed by atoms with Crippen LogP contribution in [0.15, 0.2) is 18.5 Å². The lowest BCUT2D eigenvalue weighted by Crippen LogP contribution is -1.83. The molecule has 0 fully saturated rings. The van der Waals surface area contributed by atoms with Gasteiger partial charge in [-0.1, -0.05) is 0 Å². The van der Waals surface area contributed by atoms with Crippen LogP contribution in [-0.4, -0.2) is 19.6 Å². The summed E-state index contributed by atoms with van der Waals surface area (Å²) in [5.74, 6) is 0.581. The maximum absolute atomic E-state index is 3.90. The molecule has 2 aromatic rings. The van der Waals surface area contributed by atoms with E-state index in [0.717, 1.165) is 0 Å². The van der Waals surface area contributed by atoms with E-state index in [1.165, 1.54) is 0 Å². The lowest BCUT2D eigenvalue weighted by molar-refractivity contribution is 1.09. The molecule has 0 atom stereocenters. The molecule has 43 valence electrons. The lowest BCUT2D eigenvalue weighted by atomic mass is 10.7. The first-order chi connectivity index (χ1) is 4.47. The molecule has 0 aliphatic heterocycles. The van der Waals surface area contributed by atoms with Gasteiger partial charge in [-0.25, -0.2) is 4.98 Å². The predicted molar refractivity (Wildman–Crippen MR) is 29.6 cm³/mol. The Hall–Kier alpha value is -1.45. The van der Waals surface area contributed by atoms with Gasteiger partial charge in [-0.05, 0) is 6.07 Å². The Balaban J connectivity index is 2.95. The fraction of sp³-hybridized carbons (Fsp3) is 0. The average molecular weight is 119 g/mol. The summed E-state index contributed by atoms with van der Waals surface area (Å²) >= 11 is 0. The van der Waals surface area contributed by atoms with Crippen LogP contribution in [0.1, 0.15) is 0 Å². The number of fused-ring (bicyclic) bond motifs is 1. The fourth-order valence-electron chi connectivity index (χ4n) is 0.630. The first kappa shape index (κ1) is 4.43. The van der Waals surface area contributed by atoms with Gasteiger partial charge in [-0.2, -0.15) is 0 Å². The van der Waals surface area contributed by atoms with Crippen molar-refractivity contribution in [3.63, 3.8) is 0 Å². The van der Waals surface area contributed by atoms with Gasteiger partial charge in [0.2, 0.25) is 6.33 Å². The number of hydrogen-bond acceptors (Lipinski definition) is 3. The van der Waals surface area contributed by atoms with Crippen LogP contribution >= 0.6 is 0 Å². The summed E-state index contributed by atoms with van der Waals surface area (Å²) in [6.45, 7) is 0. The minimum Gasteiger partial charge on any atom is -0.264 e. The van der Waals surface area contributed by atoms with Gasteiger partial charge in [0.05, 0.1) is 0 Å². The number of hydrogen-bond donors (Lipinski definition) is 0. The number of rotatable bonds is 0. The zero-order chi connectivity index (χ0) is 6.10. The second kappa shape index (κ2) is 1.51. The number of nitrogens with zero attached hydrogens (tertiary/aromatic N) is 4. The normalized spacial score (nSPS) is 10.2. The van der Waals surface area contributed by atoms with Gasteiger partial charge in [0, 0.05) is 12.4 Å². The van der Waals surface area contributed by atoms with Crippen molar-refractivity contribution >= 4 is 5.78 Å². The Morgan fingerprint density at radius 1 is 1.56 bits per heavy atom. The van der Waals surface area contributed by atoms with Gasteiger partial charge in [0.15, 0.2) is 0 Å². The minimum absolute atomic E-state index is 0.581. The number of aromatic nitrogens is 4. The summed E-state index contributed by atoms with van der Waals surface area (Å²) in [6, 6.07) is 1.80. The van der Waals surface area contributed by atoms with Gasteiger partial charge >= 0.3 is 0 Å². The van der Waals surface area contributed by atoms with Gasteiger partial charge in [-0.3, -0.25) is 4.40 Å². The Bertz CT molecular complexity index is 283. The highest BCUT2D eigenvalue weighted by atomic mass is 15.3. The molecule has 0 saturated carbocycles. The molecule has 4 nitrogen and oxygen atoms in total. The summed E-state index contributed by atoms with van der Waals surface area (Å²) in [5, 5.41) is 7.19. The highest BCUT2D eigenvalue weighted by Gasteiger charge is 1.90. The molecule has 0 saturated heterocycles. The standard InChI is InChI=1S/C5H3N4/c1-2-6-5-8-7-4-9(5)3-1/h1-3H. The van der Waals surface area contributed by atoms with E-state index >= 15 is 0 Å². The van der Waals surface area contributed by atoms with E-state index in [1.807, 2.05) is 0 Å². The van der Waals surface area contributed by atoms with Crippen molar-refractivity contribution in [3.05, 3.63) is 24.8 Å². The predicted octanol–water partition coefficient (Wildman–Crippen LogP) is -0.0755. The molecule has 0 spiro atoms. The molecule has 0 aliphatic rings. The van der Waals surface area contributed by atoms with Crippen LogP contribution in [0.3, 0.4) is 0 Å². The molecule has 0 aliphatic carbocycles. The third kappa shape index (κ3) is 0.561. The molecule has 0 amide bonds. The molecule has 0 aromatic carbocycles. The second-order valence-electron chi connectivity index (χ2n) is 1.59. The van der Waals surface area contributed by atoms with E-state index in [9.17, 15) is 0 Å². The van der Waals surface area contributed by atoms with E-state index in [2.05, 4.69) is 21.5 Å². The molecule has 0 bridgehead atoms. The van der Waals surface area contributed by atoms with Crippen LogP contribution in [0.25, 0.3) is 5.78 Å². The van der Waals surface area contributed by atoms with Crippen LogP contribution in [0.5, 0.6) is 0 Å². The quantitative estimate of drug-likeness (QED) is 0.487. The van der Waals surface area contributed by atoms with Crippen LogP contribution in [0.4, 0.5) is 0 Å². The molecule has 2 aromatic heterocycles. The van der Waals surface area contributed by atoms with Crippen molar-refractivity contribution in [2.75, 3.05) is 0 Å². The molecule has 2 heterocycles. The fourth-order valence-corrected chi connectivity index (χ4v) is 0.630. The van der Waals surface area contributed by atoms with Crippen molar-refractivity contribution < 1.29 is 0 Å². The Labute approximate surface area is 51.2 Å². The highest BCUT2D eigenvalue weighted by molar-refractivity contribution is 5.22. The Kier molecular flexibility index (Phi) is 0.745. The second-order valence-corrected chi connectivity index (χ2v) is 1.59. The molecule has 0 unspecified atom stereocenters. The third-order valence-electron chi connectivity index (χ3n) is 1.02. The zero-order valence-corrected chi connectivity index (χ0v) is 4.52. The smallest absolute Gasteiger partial charge is 0.255 e. The van der Waals surface area contributed by atoms with E-state index in [1.54, 1.807) is 22.9 Å². The molecular weight excluding hydrogens is 116 g/mol. The van der Waals surface area contributed by atoms with Crippen LogP contribution in [0.2, 0.25) is 0 Å². The molecule has 9 heavy (non-hydrogen) atoms. The molecule has 2 rings (SSSR count). The molecular formula is C5H3N4. The van der Waals surface area contributed by atoms with E-state index in [0.29, 0.717) is 5.78 Å². The SMILES string of the molecule is [c]1nnc2ncccn12. The largest absolute Gasteiger partial charge is 0.264 e. The van der Waals surface area contributed by atoms with E-state index < -0.39 is 0 Å². The first-order valence-corrected chi connectivity index (χ1v) is 2.50. The maximum atomic E-state index is 3.90. The summed E-state index contributed by atoms with van der Waals surface area (Å²) in [6.07, 6.45) is 6.07. The minimum atomic E-state index is 0.581. The molecule has 4 heteroatoms. The first-order valence-electron chi connectivity index (χ1n) is 2.50. The van der Waals surface area contributed by atoms with Gasteiger partial charge in [-0.15, -0.1) is 10.2 Å². The maximum Gasteiger partial charge on any atom is 0.255 e.